The molecule has 0 bridgehead atoms. The summed E-state index contributed by atoms with van der Waals surface area (Å²) in [7, 11) is 2.00. The highest BCUT2D eigenvalue weighted by molar-refractivity contribution is 7.99. The van der Waals surface area contributed by atoms with Crippen molar-refractivity contribution < 1.29 is 4.74 Å². The number of hydrogen-bond donors (Lipinski definition) is 1. The number of rotatable bonds is 3. The number of halogens is 1. The minimum absolute atomic E-state index is 0.101. The normalized spacial score (nSPS) is 31.6. The maximum atomic E-state index is 6.33. The molecule has 3 nitrogen and oxygen atoms in total. The van der Waals surface area contributed by atoms with E-state index in [9.17, 15) is 0 Å². The minimum atomic E-state index is 0.101. The number of aromatic nitrogens is 1. The van der Waals surface area contributed by atoms with Crippen LogP contribution in [0.2, 0.25) is 5.02 Å². The van der Waals surface area contributed by atoms with Gasteiger partial charge >= 0.3 is 0 Å². The Morgan fingerprint density at radius 3 is 3.20 bits per heavy atom. The Kier molecular flexibility index (Phi) is 4.55. The second-order valence-corrected chi connectivity index (χ2v) is 7.24. The van der Waals surface area contributed by atoms with E-state index in [0.29, 0.717) is 5.92 Å². The summed E-state index contributed by atoms with van der Waals surface area (Å²) < 4.78 is 6.12. The maximum absolute atomic E-state index is 6.33. The van der Waals surface area contributed by atoms with Crippen LogP contribution in [0.5, 0.6) is 0 Å². The number of ether oxygens (including phenoxy) is 1. The number of nitrogens with one attached hydrogen (secondary N) is 1. The molecular weight excluding hydrogens is 292 g/mol. The number of thioether (sulfide) groups is 1. The predicted octanol–water partition coefficient (Wildman–Crippen LogP) is 3.30. The lowest BCUT2D eigenvalue weighted by Crippen LogP contribution is -2.43. The first-order valence-corrected chi connectivity index (χ1v) is 8.77. The zero-order valence-corrected chi connectivity index (χ0v) is 13.3. The fraction of sp³-hybridized carbons (Fsp3) is 0.667. The smallest absolute Gasteiger partial charge is 0.0783 e. The molecule has 0 radical (unpaired) electrons. The van der Waals surface area contributed by atoms with E-state index < -0.39 is 0 Å². The van der Waals surface area contributed by atoms with Crippen LogP contribution in [0.15, 0.2) is 18.3 Å². The van der Waals surface area contributed by atoms with Crippen molar-refractivity contribution >= 4 is 23.4 Å². The molecule has 0 aliphatic carbocycles. The zero-order chi connectivity index (χ0) is 14.0. The SMILES string of the molecule is CNC(c1ncccc1Cl)C1CCOC2(CCSC2)C1. The molecule has 2 saturated heterocycles. The molecule has 0 amide bonds. The lowest BCUT2D eigenvalue weighted by molar-refractivity contribution is -0.0852. The molecule has 3 atom stereocenters. The van der Waals surface area contributed by atoms with Gasteiger partial charge in [-0.3, -0.25) is 4.98 Å². The van der Waals surface area contributed by atoms with E-state index in [4.69, 9.17) is 16.3 Å². The summed E-state index contributed by atoms with van der Waals surface area (Å²) in [6.07, 6.45) is 5.19. The highest BCUT2D eigenvalue weighted by Crippen LogP contribution is 2.44. The van der Waals surface area contributed by atoms with E-state index in [2.05, 4.69) is 10.3 Å². The van der Waals surface area contributed by atoms with Crippen molar-refractivity contribution in [1.82, 2.24) is 10.3 Å². The lowest BCUT2D eigenvalue weighted by atomic mass is 9.80. The fourth-order valence-corrected chi connectivity index (χ4v) is 5.05. The minimum Gasteiger partial charge on any atom is -0.374 e. The Hall–Kier alpha value is -0.290. The summed E-state index contributed by atoms with van der Waals surface area (Å²) in [5, 5.41) is 4.18. The van der Waals surface area contributed by atoms with Gasteiger partial charge in [0.2, 0.25) is 0 Å². The molecule has 2 aliphatic rings. The van der Waals surface area contributed by atoms with Crippen LogP contribution in [-0.4, -0.2) is 35.7 Å². The van der Waals surface area contributed by atoms with Gasteiger partial charge in [0.15, 0.2) is 0 Å². The quantitative estimate of drug-likeness (QED) is 0.928. The van der Waals surface area contributed by atoms with E-state index >= 15 is 0 Å². The maximum Gasteiger partial charge on any atom is 0.0783 e. The molecule has 0 aromatic carbocycles. The van der Waals surface area contributed by atoms with Crippen LogP contribution in [0.3, 0.4) is 0 Å². The molecule has 20 heavy (non-hydrogen) atoms. The Morgan fingerprint density at radius 2 is 2.50 bits per heavy atom. The largest absolute Gasteiger partial charge is 0.374 e. The fourth-order valence-electron chi connectivity index (χ4n) is 3.44. The zero-order valence-electron chi connectivity index (χ0n) is 11.8. The van der Waals surface area contributed by atoms with Gasteiger partial charge in [0, 0.05) is 18.6 Å². The van der Waals surface area contributed by atoms with Crippen LogP contribution >= 0.6 is 23.4 Å². The van der Waals surface area contributed by atoms with Gasteiger partial charge in [-0.05, 0) is 50.1 Å². The molecule has 0 saturated carbocycles. The predicted molar refractivity (Wildman–Crippen MR) is 84.4 cm³/mol. The van der Waals surface area contributed by atoms with Crippen LogP contribution in [0.1, 0.15) is 31.0 Å². The van der Waals surface area contributed by atoms with Crippen LogP contribution < -0.4 is 5.32 Å². The van der Waals surface area contributed by atoms with Crippen LogP contribution in [-0.2, 0) is 4.74 Å². The first-order valence-electron chi connectivity index (χ1n) is 7.23. The average Bonchev–Trinajstić information content (AvgIpc) is 2.90. The van der Waals surface area contributed by atoms with Gasteiger partial charge in [-0.25, -0.2) is 0 Å². The molecule has 1 N–H and O–H groups in total. The highest BCUT2D eigenvalue weighted by Gasteiger charge is 2.43. The molecule has 3 heterocycles. The van der Waals surface area contributed by atoms with Crippen LogP contribution in [0.25, 0.3) is 0 Å². The van der Waals surface area contributed by atoms with Crippen molar-refractivity contribution in [3.05, 3.63) is 29.0 Å². The first-order chi connectivity index (χ1) is 9.74. The molecule has 1 spiro atoms. The van der Waals surface area contributed by atoms with E-state index in [-0.39, 0.29) is 11.6 Å². The summed E-state index contributed by atoms with van der Waals surface area (Å²) >= 11 is 8.34. The summed E-state index contributed by atoms with van der Waals surface area (Å²) in [5.41, 5.74) is 1.08. The molecule has 1 aromatic heterocycles. The Morgan fingerprint density at radius 1 is 1.60 bits per heavy atom. The van der Waals surface area contributed by atoms with Crippen molar-refractivity contribution in [3.63, 3.8) is 0 Å². The highest BCUT2D eigenvalue weighted by atomic mass is 35.5. The van der Waals surface area contributed by atoms with Gasteiger partial charge in [0.1, 0.15) is 0 Å². The lowest BCUT2D eigenvalue weighted by Gasteiger charge is -2.40. The number of nitrogens with zero attached hydrogens (tertiary/aromatic N) is 1. The van der Waals surface area contributed by atoms with Gasteiger partial charge < -0.3 is 10.1 Å². The second-order valence-electron chi connectivity index (χ2n) is 5.72. The molecule has 5 heteroatoms. The van der Waals surface area contributed by atoms with E-state index in [1.165, 1.54) is 12.2 Å². The first kappa shape index (κ1) is 14.6. The molecule has 1 aromatic rings. The average molecular weight is 313 g/mol. The van der Waals surface area contributed by atoms with Crippen molar-refractivity contribution in [1.29, 1.82) is 0 Å². The third kappa shape index (κ3) is 2.84. The van der Waals surface area contributed by atoms with E-state index in [1.54, 1.807) is 0 Å². The molecule has 2 fully saturated rings. The van der Waals surface area contributed by atoms with E-state index in [0.717, 1.165) is 35.9 Å². The summed E-state index contributed by atoms with van der Waals surface area (Å²) in [5.74, 6) is 2.90. The number of hydrogen-bond acceptors (Lipinski definition) is 4. The van der Waals surface area contributed by atoms with Gasteiger partial charge in [-0.15, -0.1) is 0 Å². The van der Waals surface area contributed by atoms with E-state index in [1.807, 2.05) is 37.1 Å². The van der Waals surface area contributed by atoms with Crippen LogP contribution in [0.4, 0.5) is 0 Å². The molecule has 110 valence electrons. The van der Waals surface area contributed by atoms with Crippen molar-refractivity contribution in [2.45, 2.75) is 30.9 Å². The standard InChI is InChI=1S/C15H21ClN2OS/c1-17-13(14-12(16)3-2-6-18-14)11-4-7-19-15(9-11)5-8-20-10-15/h2-3,6,11,13,17H,4-5,7-10H2,1H3. The van der Waals surface area contributed by atoms with Gasteiger partial charge in [-0.2, -0.15) is 11.8 Å². The van der Waals surface area contributed by atoms with Gasteiger partial charge in [-0.1, -0.05) is 11.6 Å². The topological polar surface area (TPSA) is 34.2 Å². The van der Waals surface area contributed by atoms with Gasteiger partial charge in [0.25, 0.3) is 0 Å². The molecule has 2 aliphatic heterocycles. The summed E-state index contributed by atoms with van der Waals surface area (Å²) in [6.45, 7) is 0.855. The van der Waals surface area contributed by atoms with Gasteiger partial charge in [0.05, 0.1) is 22.4 Å². The third-order valence-electron chi connectivity index (χ3n) is 4.46. The summed E-state index contributed by atoms with van der Waals surface area (Å²) in [6, 6.07) is 4.03. The number of pyridine rings is 1. The molecule has 3 rings (SSSR count). The molecule has 3 unspecified atom stereocenters. The Bertz CT molecular complexity index is 465. The van der Waals surface area contributed by atoms with Crippen molar-refractivity contribution in [3.8, 4) is 0 Å². The van der Waals surface area contributed by atoms with Crippen molar-refractivity contribution in [2.24, 2.45) is 5.92 Å². The van der Waals surface area contributed by atoms with Crippen LogP contribution in [0, 0.1) is 5.92 Å². The molecular formula is C15H21ClN2OS. The second kappa shape index (κ2) is 6.22. The van der Waals surface area contributed by atoms with Crippen molar-refractivity contribution in [2.75, 3.05) is 25.2 Å². The Labute approximate surface area is 129 Å². The summed E-state index contributed by atoms with van der Waals surface area (Å²) in [4.78, 5) is 4.50. The monoisotopic (exact) mass is 312 g/mol. The third-order valence-corrected chi connectivity index (χ3v) is 6.00. The Balaban J connectivity index is 1.81.